The summed E-state index contributed by atoms with van der Waals surface area (Å²) in [5.74, 6) is 1.76. The molecule has 2 saturated heterocycles. The van der Waals surface area contributed by atoms with Crippen molar-refractivity contribution in [3.63, 3.8) is 0 Å². The summed E-state index contributed by atoms with van der Waals surface area (Å²) in [6.07, 6.45) is 12.0. The number of amidine groups is 1. The lowest BCUT2D eigenvalue weighted by Crippen LogP contribution is -2.52. The molecule has 1 spiro atoms. The lowest BCUT2D eigenvalue weighted by Gasteiger charge is -2.33. The molecule has 6 nitrogen and oxygen atoms in total. The van der Waals surface area contributed by atoms with E-state index in [0.717, 1.165) is 56.3 Å². The second-order valence-corrected chi connectivity index (χ2v) is 8.35. The molecule has 1 aromatic rings. The first-order valence-electron chi connectivity index (χ1n) is 10.1. The topological polar surface area (TPSA) is 60.8 Å². The summed E-state index contributed by atoms with van der Waals surface area (Å²) in [6.45, 7) is 3.07. The van der Waals surface area contributed by atoms with Crippen molar-refractivity contribution in [3.8, 4) is 0 Å². The lowest BCUT2D eigenvalue weighted by molar-refractivity contribution is 0.250. The Bertz CT molecular complexity index is 710. The SMILES string of the molecule is O=C1NC(=NC2CCCC2)C2(CCN(CC3CC3)C2)N1c1cccnc1. The third-order valence-corrected chi connectivity index (χ3v) is 6.38. The molecule has 0 radical (unpaired) electrons. The fourth-order valence-electron chi connectivity index (χ4n) is 4.86. The van der Waals surface area contributed by atoms with Crippen LogP contribution in [-0.2, 0) is 0 Å². The number of likely N-dealkylation sites (tertiary alicyclic amines) is 1. The van der Waals surface area contributed by atoms with Gasteiger partial charge in [-0.1, -0.05) is 12.8 Å². The van der Waals surface area contributed by atoms with Crippen molar-refractivity contribution in [2.75, 3.05) is 24.5 Å². The van der Waals surface area contributed by atoms with Crippen LogP contribution in [0.15, 0.2) is 29.5 Å². The second kappa shape index (κ2) is 6.34. The number of hydrogen-bond donors (Lipinski definition) is 1. The molecule has 2 amide bonds. The molecule has 1 aromatic heterocycles. The number of amides is 2. The van der Waals surface area contributed by atoms with E-state index in [1.165, 1.54) is 25.7 Å². The Hall–Kier alpha value is -1.95. The quantitative estimate of drug-likeness (QED) is 0.905. The fourth-order valence-corrected chi connectivity index (χ4v) is 4.86. The molecule has 1 N–H and O–H groups in total. The number of pyridine rings is 1. The summed E-state index contributed by atoms with van der Waals surface area (Å²) >= 11 is 0. The second-order valence-electron chi connectivity index (χ2n) is 8.35. The summed E-state index contributed by atoms with van der Waals surface area (Å²) in [5.41, 5.74) is 0.521. The van der Waals surface area contributed by atoms with Gasteiger partial charge in [0.2, 0.25) is 0 Å². The van der Waals surface area contributed by atoms with Gasteiger partial charge in [-0.2, -0.15) is 0 Å². The molecule has 0 aromatic carbocycles. The molecule has 4 fully saturated rings. The number of carbonyl (C=O) groups excluding carboxylic acids is 1. The van der Waals surface area contributed by atoms with Crippen molar-refractivity contribution >= 4 is 17.6 Å². The molecule has 4 aliphatic rings. The van der Waals surface area contributed by atoms with Gasteiger partial charge in [0, 0.05) is 25.8 Å². The number of nitrogens with one attached hydrogen (secondary N) is 1. The Balaban J connectivity index is 1.50. The molecule has 2 saturated carbocycles. The van der Waals surface area contributed by atoms with Crippen molar-refractivity contribution in [1.82, 2.24) is 15.2 Å². The van der Waals surface area contributed by atoms with E-state index >= 15 is 0 Å². The van der Waals surface area contributed by atoms with Gasteiger partial charge in [-0.25, -0.2) is 4.79 Å². The highest BCUT2D eigenvalue weighted by atomic mass is 16.2. The zero-order chi connectivity index (χ0) is 17.6. The maximum absolute atomic E-state index is 12.9. The van der Waals surface area contributed by atoms with Gasteiger partial charge in [-0.3, -0.25) is 20.2 Å². The van der Waals surface area contributed by atoms with Crippen molar-refractivity contribution in [2.45, 2.75) is 56.5 Å². The van der Waals surface area contributed by atoms with Crippen LogP contribution < -0.4 is 10.2 Å². The third kappa shape index (κ3) is 2.80. The van der Waals surface area contributed by atoms with Crippen molar-refractivity contribution in [1.29, 1.82) is 0 Å². The number of carbonyl (C=O) groups is 1. The summed E-state index contributed by atoms with van der Waals surface area (Å²) in [4.78, 5) is 26.7. The number of aliphatic imine (C=N–C) groups is 1. The fraction of sp³-hybridized carbons (Fsp3) is 0.650. The normalized spacial score (nSPS) is 31.5. The van der Waals surface area contributed by atoms with E-state index in [4.69, 9.17) is 4.99 Å². The molecule has 6 heteroatoms. The van der Waals surface area contributed by atoms with Gasteiger partial charge < -0.3 is 4.90 Å². The molecule has 26 heavy (non-hydrogen) atoms. The van der Waals surface area contributed by atoms with Gasteiger partial charge in [-0.15, -0.1) is 0 Å². The maximum Gasteiger partial charge on any atom is 0.328 e. The van der Waals surface area contributed by atoms with Crippen LogP contribution in [0.3, 0.4) is 0 Å². The molecule has 1 atom stereocenters. The smallest absolute Gasteiger partial charge is 0.300 e. The van der Waals surface area contributed by atoms with Crippen LogP contribution in [0.25, 0.3) is 0 Å². The molecule has 0 bridgehead atoms. The zero-order valence-corrected chi connectivity index (χ0v) is 15.2. The molecule has 1 unspecified atom stereocenters. The molecular weight excluding hydrogens is 326 g/mol. The minimum absolute atomic E-state index is 0.0528. The van der Waals surface area contributed by atoms with E-state index < -0.39 is 0 Å². The van der Waals surface area contributed by atoms with Gasteiger partial charge in [0.1, 0.15) is 11.4 Å². The standard InChI is InChI=1S/C20H27N5O/c26-19-23-18(22-16-4-1-2-5-16)20(25(19)17-6-3-10-21-12-17)9-11-24(14-20)13-15-7-8-15/h3,6,10,12,15-16H,1-2,4-5,7-9,11,13-14H2,(H,22,23,26). The van der Waals surface area contributed by atoms with Crippen molar-refractivity contribution < 1.29 is 4.79 Å². The van der Waals surface area contributed by atoms with E-state index in [1.807, 2.05) is 17.0 Å². The highest BCUT2D eigenvalue weighted by Crippen LogP contribution is 2.39. The highest BCUT2D eigenvalue weighted by Gasteiger charge is 2.55. The summed E-state index contributed by atoms with van der Waals surface area (Å²) in [5, 5.41) is 3.13. The minimum atomic E-state index is -0.350. The third-order valence-electron chi connectivity index (χ3n) is 6.38. The molecule has 2 aliphatic carbocycles. The van der Waals surface area contributed by atoms with Gasteiger partial charge >= 0.3 is 6.03 Å². The predicted octanol–water partition coefficient (Wildman–Crippen LogP) is 2.81. The summed E-state index contributed by atoms with van der Waals surface area (Å²) < 4.78 is 0. The predicted molar refractivity (Wildman–Crippen MR) is 101 cm³/mol. The number of nitrogens with zero attached hydrogens (tertiary/aromatic N) is 4. The van der Waals surface area contributed by atoms with Gasteiger partial charge in [-0.05, 0) is 50.2 Å². The molecule has 5 rings (SSSR count). The van der Waals surface area contributed by atoms with Crippen LogP contribution in [0.5, 0.6) is 0 Å². The van der Waals surface area contributed by atoms with E-state index in [0.29, 0.717) is 6.04 Å². The first-order valence-corrected chi connectivity index (χ1v) is 10.1. The molecule has 3 heterocycles. The molecule has 2 aliphatic heterocycles. The van der Waals surface area contributed by atoms with Crippen molar-refractivity contribution in [3.05, 3.63) is 24.5 Å². The molecule has 138 valence electrons. The van der Waals surface area contributed by atoms with Crippen LogP contribution >= 0.6 is 0 Å². The van der Waals surface area contributed by atoms with Crippen LogP contribution in [0.2, 0.25) is 0 Å². The van der Waals surface area contributed by atoms with Crippen LogP contribution in [0.4, 0.5) is 10.5 Å². The highest BCUT2D eigenvalue weighted by molar-refractivity contribution is 6.19. The lowest BCUT2D eigenvalue weighted by atomic mass is 9.95. The Morgan fingerprint density at radius 3 is 2.85 bits per heavy atom. The average Bonchev–Trinajstić information content (AvgIpc) is 3.05. The minimum Gasteiger partial charge on any atom is -0.300 e. The first-order chi connectivity index (χ1) is 12.7. The Morgan fingerprint density at radius 1 is 1.27 bits per heavy atom. The van der Waals surface area contributed by atoms with Gasteiger partial charge in [0.15, 0.2) is 0 Å². The van der Waals surface area contributed by atoms with Gasteiger partial charge in [0.25, 0.3) is 0 Å². The van der Waals surface area contributed by atoms with Crippen LogP contribution in [-0.4, -0.2) is 53.0 Å². The van der Waals surface area contributed by atoms with Crippen LogP contribution in [0, 0.1) is 5.92 Å². The number of hydrogen-bond acceptors (Lipinski definition) is 4. The van der Waals surface area contributed by atoms with E-state index in [1.54, 1.807) is 12.4 Å². The molecular formula is C20H27N5O. The van der Waals surface area contributed by atoms with E-state index in [2.05, 4.69) is 15.2 Å². The largest absolute Gasteiger partial charge is 0.328 e. The van der Waals surface area contributed by atoms with Crippen LogP contribution in [0.1, 0.15) is 44.9 Å². The number of urea groups is 1. The number of rotatable bonds is 4. The summed E-state index contributed by atoms with van der Waals surface area (Å²) in [6, 6.07) is 4.20. The monoisotopic (exact) mass is 353 g/mol. The average molecular weight is 353 g/mol. The Labute approximate surface area is 154 Å². The first kappa shape index (κ1) is 16.2. The Morgan fingerprint density at radius 2 is 2.12 bits per heavy atom. The van der Waals surface area contributed by atoms with E-state index in [9.17, 15) is 4.79 Å². The maximum atomic E-state index is 12.9. The zero-order valence-electron chi connectivity index (χ0n) is 15.2. The Kier molecular flexibility index (Phi) is 3.96. The van der Waals surface area contributed by atoms with Gasteiger partial charge in [0.05, 0.1) is 17.9 Å². The number of anilines is 1. The number of aromatic nitrogens is 1. The van der Waals surface area contributed by atoms with E-state index in [-0.39, 0.29) is 11.6 Å². The summed E-state index contributed by atoms with van der Waals surface area (Å²) in [7, 11) is 0. The van der Waals surface area contributed by atoms with Crippen molar-refractivity contribution in [2.24, 2.45) is 10.9 Å².